The Kier molecular flexibility index (Phi) is 5.95. The van der Waals surface area contributed by atoms with Crippen LogP contribution in [0.15, 0.2) is 24.3 Å². The Morgan fingerprint density at radius 1 is 1.07 bits per heavy atom. The van der Waals surface area contributed by atoms with Crippen molar-refractivity contribution in [2.24, 2.45) is 5.92 Å². The molecule has 1 amide bonds. The fraction of sp³-hybridized carbons (Fsp3) is 0.667. The second-order valence-corrected chi connectivity index (χ2v) is 8.07. The summed E-state index contributed by atoms with van der Waals surface area (Å²) < 4.78 is 10.7. The topological polar surface area (TPSA) is 45.2 Å². The number of nitrogens with zero attached hydrogens (tertiary/aromatic N) is 3. The molecule has 0 spiro atoms. The van der Waals surface area contributed by atoms with Crippen LogP contribution in [-0.2, 0) is 16.1 Å². The number of carbonyl (C=O) groups excluding carboxylic acids is 1. The maximum absolute atomic E-state index is 13.0. The van der Waals surface area contributed by atoms with E-state index in [1.165, 1.54) is 12.0 Å². The van der Waals surface area contributed by atoms with Crippen molar-refractivity contribution in [1.29, 1.82) is 0 Å². The van der Waals surface area contributed by atoms with E-state index in [0.717, 1.165) is 64.7 Å². The molecule has 1 aromatic rings. The third kappa shape index (κ3) is 4.62. The molecule has 4 saturated heterocycles. The number of methoxy groups -OCH3 is 1. The Morgan fingerprint density at radius 3 is 2.59 bits per heavy atom. The number of morpholine rings is 1. The lowest BCUT2D eigenvalue weighted by Gasteiger charge is -2.38. The highest BCUT2D eigenvalue weighted by Gasteiger charge is 2.37. The van der Waals surface area contributed by atoms with Crippen LogP contribution in [0.4, 0.5) is 0 Å². The molecule has 2 bridgehead atoms. The first-order valence-corrected chi connectivity index (χ1v) is 10.2. The van der Waals surface area contributed by atoms with Gasteiger partial charge in [0, 0.05) is 45.3 Å². The number of fused-ring (bicyclic) bond motifs is 4. The molecule has 2 atom stereocenters. The second kappa shape index (κ2) is 8.59. The van der Waals surface area contributed by atoms with Crippen molar-refractivity contribution < 1.29 is 14.3 Å². The zero-order valence-corrected chi connectivity index (χ0v) is 16.3. The molecule has 5 rings (SSSR count). The van der Waals surface area contributed by atoms with Crippen LogP contribution in [0.25, 0.3) is 0 Å². The minimum Gasteiger partial charge on any atom is -0.497 e. The molecule has 4 fully saturated rings. The van der Waals surface area contributed by atoms with Crippen molar-refractivity contribution in [2.45, 2.75) is 25.4 Å². The normalized spacial score (nSPS) is 26.8. The van der Waals surface area contributed by atoms with Gasteiger partial charge in [0.25, 0.3) is 0 Å². The molecule has 4 aliphatic rings. The summed E-state index contributed by atoms with van der Waals surface area (Å²) in [6, 6.07) is 8.70. The van der Waals surface area contributed by atoms with Gasteiger partial charge in [0.15, 0.2) is 0 Å². The number of ether oxygens (including phenoxy) is 2. The SMILES string of the molecule is COc1ccc(CN2C[C@H]3CC[C@@H](C2)N(C(=O)CN2CCOCC2)C3)cc1. The van der Waals surface area contributed by atoms with Gasteiger partial charge in [-0.1, -0.05) is 12.1 Å². The van der Waals surface area contributed by atoms with Gasteiger partial charge in [-0.2, -0.15) is 0 Å². The molecular formula is C21H31N3O3. The van der Waals surface area contributed by atoms with Gasteiger partial charge >= 0.3 is 0 Å². The van der Waals surface area contributed by atoms with Crippen molar-refractivity contribution in [3.63, 3.8) is 0 Å². The number of hydrogen-bond acceptors (Lipinski definition) is 5. The number of carbonyl (C=O) groups is 1. The minimum atomic E-state index is 0.304. The summed E-state index contributed by atoms with van der Waals surface area (Å²) in [6.45, 7) is 7.72. The lowest BCUT2D eigenvalue weighted by molar-refractivity contribution is -0.137. The standard InChI is InChI=1S/C21H31N3O3/c1-26-20-6-3-17(4-7-20)12-23-13-18-2-5-19(15-23)24(14-18)21(25)16-22-8-10-27-11-9-22/h3-4,6-7,18-19H,2,5,8-16H2,1H3/t18-,19+/m1/s1. The summed E-state index contributed by atoms with van der Waals surface area (Å²) in [6.07, 6.45) is 2.38. The zero-order chi connectivity index (χ0) is 18.6. The van der Waals surface area contributed by atoms with Gasteiger partial charge in [0.2, 0.25) is 5.91 Å². The van der Waals surface area contributed by atoms with Crippen LogP contribution in [0.3, 0.4) is 0 Å². The third-order valence-corrected chi connectivity index (χ3v) is 6.14. The molecule has 0 saturated carbocycles. The highest BCUT2D eigenvalue weighted by atomic mass is 16.5. The van der Waals surface area contributed by atoms with E-state index in [9.17, 15) is 4.79 Å². The van der Waals surface area contributed by atoms with Crippen molar-refractivity contribution >= 4 is 5.91 Å². The van der Waals surface area contributed by atoms with Gasteiger partial charge in [-0.15, -0.1) is 0 Å². The smallest absolute Gasteiger partial charge is 0.237 e. The van der Waals surface area contributed by atoms with Crippen LogP contribution in [0.2, 0.25) is 0 Å². The highest BCUT2D eigenvalue weighted by molar-refractivity contribution is 5.78. The first kappa shape index (κ1) is 18.7. The molecule has 148 valence electrons. The quantitative estimate of drug-likeness (QED) is 0.782. The lowest BCUT2D eigenvalue weighted by Crippen LogP contribution is -2.52. The maximum Gasteiger partial charge on any atom is 0.237 e. The molecule has 4 heterocycles. The second-order valence-electron chi connectivity index (χ2n) is 8.07. The fourth-order valence-electron chi connectivity index (χ4n) is 4.64. The van der Waals surface area contributed by atoms with E-state index in [4.69, 9.17) is 9.47 Å². The molecule has 6 heteroatoms. The van der Waals surface area contributed by atoms with Crippen molar-refractivity contribution in [2.75, 3.05) is 59.6 Å². The van der Waals surface area contributed by atoms with Crippen LogP contribution in [-0.4, -0.2) is 86.2 Å². The van der Waals surface area contributed by atoms with Gasteiger partial charge in [-0.05, 0) is 36.5 Å². The summed E-state index contributed by atoms with van der Waals surface area (Å²) in [5.41, 5.74) is 1.31. The summed E-state index contributed by atoms with van der Waals surface area (Å²) in [5.74, 6) is 1.79. The van der Waals surface area contributed by atoms with E-state index in [1.807, 2.05) is 12.1 Å². The van der Waals surface area contributed by atoms with Gasteiger partial charge in [-0.3, -0.25) is 14.6 Å². The van der Waals surface area contributed by atoms with E-state index < -0.39 is 0 Å². The zero-order valence-electron chi connectivity index (χ0n) is 16.3. The highest BCUT2D eigenvalue weighted by Crippen LogP contribution is 2.29. The minimum absolute atomic E-state index is 0.304. The monoisotopic (exact) mass is 373 g/mol. The van der Waals surface area contributed by atoms with Crippen LogP contribution >= 0.6 is 0 Å². The molecule has 0 aromatic heterocycles. The van der Waals surface area contributed by atoms with Gasteiger partial charge in [-0.25, -0.2) is 0 Å². The van der Waals surface area contributed by atoms with Crippen LogP contribution < -0.4 is 4.74 Å². The first-order chi connectivity index (χ1) is 13.2. The molecular weight excluding hydrogens is 342 g/mol. The molecule has 1 aromatic carbocycles. The van der Waals surface area contributed by atoms with E-state index in [0.29, 0.717) is 24.4 Å². The predicted molar refractivity (Wildman–Crippen MR) is 104 cm³/mol. The molecule has 0 N–H and O–H groups in total. The van der Waals surface area contributed by atoms with Crippen LogP contribution in [0.1, 0.15) is 18.4 Å². The Balaban J connectivity index is 1.36. The largest absolute Gasteiger partial charge is 0.497 e. The number of amides is 1. The number of hydrogen-bond donors (Lipinski definition) is 0. The van der Waals surface area contributed by atoms with E-state index in [-0.39, 0.29) is 0 Å². The van der Waals surface area contributed by atoms with Crippen molar-refractivity contribution in [3.8, 4) is 5.75 Å². The average Bonchev–Trinajstić information content (AvgIpc) is 3.00. The summed E-state index contributed by atoms with van der Waals surface area (Å²) in [7, 11) is 1.70. The fourth-order valence-corrected chi connectivity index (χ4v) is 4.64. The Morgan fingerprint density at radius 2 is 1.85 bits per heavy atom. The van der Waals surface area contributed by atoms with Crippen molar-refractivity contribution in [3.05, 3.63) is 29.8 Å². The Bertz CT molecular complexity index is 630. The molecule has 0 aliphatic carbocycles. The van der Waals surface area contributed by atoms with Gasteiger partial charge in [0.05, 0.1) is 26.9 Å². The Labute approximate surface area is 162 Å². The van der Waals surface area contributed by atoms with Crippen LogP contribution in [0.5, 0.6) is 5.75 Å². The molecule has 4 aliphatic heterocycles. The van der Waals surface area contributed by atoms with E-state index >= 15 is 0 Å². The summed E-state index contributed by atoms with van der Waals surface area (Å²) in [4.78, 5) is 19.9. The average molecular weight is 373 g/mol. The van der Waals surface area contributed by atoms with Gasteiger partial charge < -0.3 is 14.4 Å². The molecule has 0 radical (unpaired) electrons. The lowest BCUT2D eigenvalue weighted by atomic mass is 9.95. The third-order valence-electron chi connectivity index (χ3n) is 6.14. The first-order valence-electron chi connectivity index (χ1n) is 10.2. The van der Waals surface area contributed by atoms with E-state index in [2.05, 4.69) is 26.8 Å². The Hall–Kier alpha value is -1.63. The van der Waals surface area contributed by atoms with E-state index in [1.54, 1.807) is 7.11 Å². The number of piperidine rings is 1. The summed E-state index contributed by atoms with van der Waals surface area (Å²) >= 11 is 0. The predicted octanol–water partition coefficient (Wildman–Crippen LogP) is 1.45. The van der Waals surface area contributed by atoms with Gasteiger partial charge in [0.1, 0.15) is 5.75 Å². The molecule has 0 unspecified atom stereocenters. The van der Waals surface area contributed by atoms with Crippen molar-refractivity contribution in [1.82, 2.24) is 14.7 Å². The van der Waals surface area contributed by atoms with Crippen LogP contribution in [0, 0.1) is 5.92 Å². The number of rotatable bonds is 5. The molecule has 27 heavy (non-hydrogen) atoms. The maximum atomic E-state index is 13.0. The summed E-state index contributed by atoms with van der Waals surface area (Å²) in [5, 5.41) is 0. The number of benzene rings is 1. The molecule has 6 nitrogen and oxygen atoms in total.